The van der Waals surface area contributed by atoms with Crippen LogP contribution in [0.3, 0.4) is 0 Å². The van der Waals surface area contributed by atoms with Crippen LogP contribution in [0.5, 0.6) is 11.5 Å². The summed E-state index contributed by atoms with van der Waals surface area (Å²) in [6.45, 7) is 0.448. The summed E-state index contributed by atoms with van der Waals surface area (Å²) in [5, 5.41) is 37.2. The van der Waals surface area contributed by atoms with Gasteiger partial charge in [0.15, 0.2) is 33.6 Å². The summed E-state index contributed by atoms with van der Waals surface area (Å²) in [6.07, 6.45) is 0.0911. The number of phenols is 1. The molecule has 11 nitrogen and oxygen atoms in total. The van der Waals surface area contributed by atoms with Crippen LogP contribution < -0.4 is 15.4 Å². The van der Waals surface area contributed by atoms with Crippen molar-refractivity contribution in [3.8, 4) is 23.3 Å². The summed E-state index contributed by atoms with van der Waals surface area (Å²) in [5.74, 6) is 6.15. The number of aliphatic hydroxyl groups excluding tert-OH is 2. The van der Waals surface area contributed by atoms with Crippen molar-refractivity contribution in [1.29, 1.82) is 0 Å². The Morgan fingerprint density at radius 3 is 2.83 bits per heavy atom. The number of halogens is 1. The number of phenolic OH excluding ortho intramolecular Hbond substituents is 1. The molecule has 2 fully saturated rings. The highest BCUT2D eigenvalue weighted by Crippen LogP contribution is 2.67. The average molecular weight is 579 g/mol. The molecule has 0 saturated heterocycles. The zero-order valence-electron chi connectivity index (χ0n) is 22.1. The number of aromatic nitrogens is 4. The highest BCUT2D eigenvalue weighted by Gasteiger charge is 2.75. The number of rotatable bonds is 7. The number of ether oxygens (including phenoxy) is 1. The molecule has 1 aromatic carbocycles. The van der Waals surface area contributed by atoms with Gasteiger partial charge in [0.2, 0.25) is 11.7 Å². The van der Waals surface area contributed by atoms with Crippen molar-refractivity contribution in [3.05, 3.63) is 58.1 Å². The average Bonchev–Trinajstić information content (AvgIpc) is 3.21. The molecule has 2 aliphatic rings. The number of fused-ring (bicyclic) bond motifs is 2. The van der Waals surface area contributed by atoms with E-state index in [-0.39, 0.29) is 28.5 Å². The van der Waals surface area contributed by atoms with Gasteiger partial charge in [0.05, 0.1) is 35.9 Å². The van der Waals surface area contributed by atoms with Crippen LogP contribution in [0.15, 0.2) is 36.7 Å². The van der Waals surface area contributed by atoms with Gasteiger partial charge in [-0.25, -0.2) is 15.0 Å². The van der Waals surface area contributed by atoms with Crippen molar-refractivity contribution in [2.24, 2.45) is 11.3 Å². The zero-order chi connectivity index (χ0) is 28.9. The van der Waals surface area contributed by atoms with Crippen LogP contribution in [0.1, 0.15) is 28.7 Å². The number of amides is 1. The van der Waals surface area contributed by atoms with E-state index in [0.29, 0.717) is 47.0 Å². The molecule has 0 bridgehead atoms. The van der Waals surface area contributed by atoms with Crippen LogP contribution in [-0.2, 0) is 11.2 Å². The quantitative estimate of drug-likeness (QED) is 0.207. The Bertz CT molecular complexity index is 1710. The molecule has 2 saturated carbocycles. The zero-order valence-corrected chi connectivity index (χ0v) is 22.9. The number of nitrogens with one attached hydrogen (secondary N) is 2. The minimum Gasteiger partial charge on any atom is -0.504 e. The van der Waals surface area contributed by atoms with Crippen molar-refractivity contribution in [2.75, 3.05) is 26.0 Å². The number of methoxy groups -OCH3 is 1. The fraction of sp³-hybridized carbons (Fsp3) is 0.357. The Kier molecular flexibility index (Phi) is 6.77. The molecule has 3 aromatic heterocycles. The lowest BCUT2D eigenvalue weighted by molar-refractivity contribution is -0.132. The van der Waals surface area contributed by atoms with Crippen LogP contribution in [0.2, 0.25) is 0 Å². The van der Waals surface area contributed by atoms with Gasteiger partial charge in [-0.15, -0.1) is 0 Å². The van der Waals surface area contributed by atoms with E-state index in [2.05, 4.69) is 37.4 Å². The lowest BCUT2D eigenvalue weighted by atomic mass is 9.98. The van der Waals surface area contributed by atoms with Gasteiger partial charge in [-0.2, -0.15) is 4.39 Å². The summed E-state index contributed by atoms with van der Waals surface area (Å²) < 4.78 is 20.4. The second-order valence-corrected chi connectivity index (χ2v) is 11.1. The second-order valence-electron chi connectivity index (χ2n) is 10.1. The monoisotopic (exact) mass is 578 g/mol. The summed E-state index contributed by atoms with van der Waals surface area (Å²) >= 11 is 0.910. The summed E-state index contributed by atoms with van der Waals surface area (Å²) in [7, 11) is 2.99. The maximum Gasteiger partial charge on any atom is 0.229 e. The third kappa shape index (κ3) is 4.54. The Labute approximate surface area is 238 Å². The smallest absolute Gasteiger partial charge is 0.229 e. The Balaban J connectivity index is 1.35. The van der Waals surface area contributed by atoms with E-state index < -0.39 is 23.7 Å². The van der Waals surface area contributed by atoms with E-state index in [1.807, 2.05) is 0 Å². The molecule has 6 rings (SSSR count). The third-order valence-corrected chi connectivity index (χ3v) is 8.68. The molecular weight excluding hydrogens is 551 g/mol. The first-order valence-corrected chi connectivity index (χ1v) is 13.8. The van der Waals surface area contributed by atoms with Crippen LogP contribution in [-0.4, -0.2) is 73.7 Å². The minimum atomic E-state index is -1.23. The number of carbonyl (C=O) groups excluding carboxylic acids is 1. The number of aromatic hydroxyl groups is 1. The van der Waals surface area contributed by atoms with Gasteiger partial charge in [-0.3, -0.25) is 4.79 Å². The molecule has 0 radical (unpaired) electrons. The number of nitrogens with zero attached hydrogens (tertiary/aromatic N) is 4. The predicted octanol–water partition coefficient (Wildman–Crippen LogP) is 1.82. The van der Waals surface area contributed by atoms with E-state index in [4.69, 9.17) is 4.74 Å². The van der Waals surface area contributed by atoms with Gasteiger partial charge >= 0.3 is 0 Å². The maximum absolute atomic E-state index is 13.5. The summed E-state index contributed by atoms with van der Waals surface area (Å²) in [6, 6.07) is 7.38. The van der Waals surface area contributed by atoms with Crippen LogP contribution in [0.25, 0.3) is 11.2 Å². The molecule has 212 valence electrons. The van der Waals surface area contributed by atoms with E-state index in [1.54, 1.807) is 28.8 Å². The molecule has 0 aliphatic heterocycles. The van der Waals surface area contributed by atoms with E-state index >= 15 is 0 Å². The summed E-state index contributed by atoms with van der Waals surface area (Å²) in [5.41, 5.74) is 0.679. The molecule has 0 spiro atoms. The Hall–Kier alpha value is -4.25. The van der Waals surface area contributed by atoms with Gasteiger partial charge in [-0.1, -0.05) is 17.4 Å². The normalized spacial score (nSPS) is 24.4. The molecule has 0 unspecified atom stereocenters. The number of thiophene rings is 1. The fourth-order valence-electron chi connectivity index (χ4n) is 5.80. The largest absolute Gasteiger partial charge is 0.504 e. The molecule has 41 heavy (non-hydrogen) atoms. The topological polar surface area (TPSA) is 155 Å². The van der Waals surface area contributed by atoms with Crippen molar-refractivity contribution in [2.45, 2.75) is 31.1 Å². The Morgan fingerprint density at radius 1 is 1.27 bits per heavy atom. The van der Waals surface area contributed by atoms with E-state index in [1.165, 1.54) is 26.6 Å². The van der Waals surface area contributed by atoms with Gasteiger partial charge < -0.3 is 35.3 Å². The lowest BCUT2D eigenvalue weighted by Gasteiger charge is -2.23. The molecule has 4 aromatic rings. The predicted molar refractivity (Wildman–Crippen MR) is 148 cm³/mol. The van der Waals surface area contributed by atoms with E-state index in [0.717, 1.165) is 16.9 Å². The van der Waals surface area contributed by atoms with Crippen molar-refractivity contribution < 1.29 is 29.2 Å². The number of aliphatic hydroxyl groups is 2. The number of benzene rings is 1. The molecule has 1 amide bonds. The molecule has 3 heterocycles. The van der Waals surface area contributed by atoms with Gasteiger partial charge in [0.1, 0.15) is 6.10 Å². The molecule has 13 heteroatoms. The highest BCUT2D eigenvalue weighted by atomic mass is 32.1. The molecular formula is C28H27FN6O5S. The number of hydrogen-bond acceptors (Lipinski definition) is 10. The number of imidazole rings is 1. The minimum absolute atomic E-state index is 0.0522. The van der Waals surface area contributed by atoms with Gasteiger partial charge in [-0.05, 0) is 54.5 Å². The number of anilines is 1. The molecule has 5 atom stereocenters. The highest BCUT2D eigenvalue weighted by molar-refractivity contribution is 7.10. The standard InChI is InChI=1S/C28H27FN6O5S/c1-30-27(39)28-12-16(28)22(23(37)24(28)38)35-13-32-21-25(31-10-9-14-3-6-17(36)18(11-14)40-2)33-20(34-26(21)35)8-5-15-4-7-19(29)41-15/h3-4,6-7,11,13,16,22-24,36-38H,9-10,12H2,1-2H3,(H,30,39)(H,31,33,34)/t16-,22-,23+,24+,28+/m1/s1. The first-order valence-electron chi connectivity index (χ1n) is 13.0. The van der Waals surface area contributed by atoms with Crippen molar-refractivity contribution >= 4 is 34.2 Å². The molecule has 5 N–H and O–H groups in total. The summed E-state index contributed by atoms with van der Waals surface area (Å²) in [4.78, 5) is 26.8. The fourth-order valence-corrected chi connectivity index (χ4v) is 6.39. The van der Waals surface area contributed by atoms with E-state index in [9.17, 15) is 24.5 Å². The first-order chi connectivity index (χ1) is 19.8. The number of carbonyl (C=O) groups is 1. The Morgan fingerprint density at radius 2 is 2.10 bits per heavy atom. The first kappa shape index (κ1) is 26.9. The maximum atomic E-state index is 13.5. The number of hydrogen-bond donors (Lipinski definition) is 5. The SMILES string of the molecule is CNC(=O)[C@@]12C[C@@H]1[C@@H](n1cnc3c(NCCc4ccc(O)c(OC)c4)nc(C#Cc4ccc(F)s4)nc31)[C@H](O)[C@@H]2O. The lowest BCUT2D eigenvalue weighted by Crippen LogP contribution is -2.41. The van der Waals surface area contributed by atoms with Crippen molar-refractivity contribution in [3.63, 3.8) is 0 Å². The van der Waals surface area contributed by atoms with Crippen LogP contribution in [0, 0.1) is 28.3 Å². The molecule has 2 aliphatic carbocycles. The van der Waals surface area contributed by atoms with Crippen molar-refractivity contribution in [1.82, 2.24) is 24.8 Å². The second kappa shape index (κ2) is 10.3. The van der Waals surface area contributed by atoms with Crippen LogP contribution >= 0.6 is 11.3 Å². The van der Waals surface area contributed by atoms with Gasteiger partial charge in [0.25, 0.3) is 0 Å². The van der Waals surface area contributed by atoms with Gasteiger partial charge in [0, 0.05) is 19.5 Å². The third-order valence-electron chi connectivity index (χ3n) is 7.89. The van der Waals surface area contributed by atoms with Crippen LogP contribution in [0.4, 0.5) is 10.2 Å².